The van der Waals surface area contributed by atoms with Gasteiger partial charge in [-0.15, -0.1) is 22.7 Å². The normalized spacial score (nSPS) is 34.8. The number of hydrogen-bond donors (Lipinski definition) is 1. The van der Waals surface area contributed by atoms with Gasteiger partial charge in [0.15, 0.2) is 0 Å². The van der Waals surface area contributed by atoms with Crippen molar-refractivity contribution in [2.45, 2.75) is 48.8 Å². The molecule has 0 radical (unpaired) electrons. The Morgan fingerprint density at radius 3 is 2.27 bits per heavy atom. The van der Waals surface area contributed by atoms with E-state index in [2.05, 4.69) is 14.1 Å². The van der Waals surface area contributed by atoms with E-state index in [0.29, 0.717) is 34.0 Å². The first-order chi connectivity index (χ1) is 13.0. The lowest BCUT2D eigenvalue weighted by Gasteiger charge is -2.45. The number of fused-ring (bicyclic) bond motifs is 5. The van der Waals surface area contributed by atoms with Crippen LogP contribution in [0.25, 0.3) is 0 Å². The highest BCUT2D eigenvalue weighted by atomic mass is 32.1. The molecule has 3 saturated heterocycles. The van der Waals surface area contributed by atoms with Crippen molar-refractivity contribution >= 4 is 28.6 Å². The molecule has 2 aromatic rings. The van der Waals surface area contributed by atoms with Gasteiger partial charge in [-0.2, -0.15) is 0 Å². The van der Waals surface area contributed by atoms with Crippen molar-refractivity contribution in [1.82, 2.24) is 0 Å². The molecule has 4 atom stereocenters. The highest BCUT2D eigenvalue weighted by Crippen LogP contribution is 2.52. The molecule has 3 aliphatic heterocycles. The number of thiophene rings is 2. The molecule has 138 valence electrons. The third-order valence-electron chi connectivity index (χ3n) is 6.34. The van der Waals surface area contributed by atoms with Gasteiger partial charge in [-0.05, 0) is 22.9 Å². The molecule has 2 bridgehead atoms. The number of morpholine rings is 1. The molecule has 5 rings (SSSR count). The number of aliphatic hydroxyl groups is 1. The van der Waals surface area contributed by atoms with Gasteiger partial charge in [-0.3, -0.25) is 0 Å². The van der Waals surface area contributed by atoms with E-state index < -0.39 is 11.6 Å². The number of quaternary nitrogens is 1. The maximum absolute atomic E-state index is 13.4. The van der Waals surface area contributed by atoms with E-state index >= 15 is 0 Å². The molecule has 26 heavy (non-hydrogen) atoms. The third kappa shape index (κ3) is 2.28. The van der Waals surface area contributed by atoms with Gasteiger partial charge in [-0.1, -0.05) is 12.1 Å². The first-order valence-corrected chi connectivity index (χ1v) is 10.7. The lowest BCUT2D eigenvalue weighted by Crippen LogP contribution is -2.60. The van der Waals surface area contributed by atoms with Gasteiger partial charge >= 0.3 is 5.97 Å². The highest BCUT2D eigenvalue weighted by Gasteiger charge is 2.71. The van der Waals surface area contributed by atoms with Crippen LogP contribution in [0.5, 0.6) is 0 Å². The zero-order valence-corrected chi connectivity index (χ0v) is 16.3. The van der Waals surface area contributed by atoms with Crippen LogP contribution in [0.15, 0.2) is 35.0 Å². The quantitative estimate of drug-likeness (QED) is 0.481. The highest BCUT2D eigenvalue weighted by molar-refractivity contribution is 7.12. The Kier molecular flexibility index (Phi) is 3.41. The van der Waals surface area contributed by atoms with Gasteiger partial charge in [0.25, 0.3) is 0 Å². The first kappa shape index (κ1) is 15.8. The second-order valence-corrected chi connectivity index (χ2v) is 9.86. The fourth-order valence-corrected chi connectivity index (χ4v) is 6.52. The summed E-state index contributed by atoms with van der Waals surface area (Å²) in [6.07, 6.45) is 2.03. The summed E-state index contributed by atoms with van der Waals surface area (Å²) in [5.74, 6) is -0.492. The molecular weight excluding hydrogens is 370 g/mol. The monoisotopic (exact) mass is 393 g/mol. The van der Waals surface area contributed by atoms with Crippen LogP contribution in [0.3, 0.4) is 0 Å². The summed E-state index contributed by atoms with van der Waals surface area (Å²) in [7, 11) is 4.49. The SMILES string of the molecule is [2H]OC(C(=O)OC1CC2C3OC3C(C1)[N+]2(C)C)(c1cccs1)c1cccs1. The minimum absolute atomic E-state index is 0.163. The maximum Gasteiger partial charge on any atom is 0.349 e. The maximum atomic E-state index is 13.4. The number of piperidine rings is 1. The van der Waals surface area contributed by atoms with Gasteiger partial charge in [-0.25, -0.2) is 4.79 Å². The van der Waals surface area contributed by atoms with Crippen LogP contribution in [0.1, 0.15) is 22.6 Å². The molecule has 3 aliphatic rings. The molecule has 0 amide bonds. The zero-order chi connectivity index (χ0) is 18.8. The lowest BCUT2D eigenvalue weighted by molar-refractivity contribution is -0.938. The number of rotatable bonds is 5. The topological polar surface area (TPSA) is 59.1 Å². The number of ether oxygens (including phenoxy) is 2. The summed E-state index contributed by atoms with van der Waals surface area (Å²) in [4.78, 5) is 14.7. The molecule has 1 N–H and O–H groups in total. The number of esters is 1. The van der Waals surface area contributed by atoms with E-state index in [1.165, 1.54) is 22.7 Å². The van der Waals surface area contributed by atoms with Gasteiger partial charge in [0.1, 0.15) is 30.4 Å². The number of carbonyl (C=O) groups excluding carboxylic acids is 1. The van der Waals surface area contributed by atoms with E-state index in [1.807, 2.05) is 35.0 Å². The number of likely N-dealkylation sites (N-methyl/N-ethyl adjacent to an activating group) is 1. The lowest BCUT2D eigenvalue weighted by atomic mass is 9.95. The molecule has 5 nitrogen and oxygen atoms in total. The van der Waals surface area contributed by atoms with Crippen LogP contribution in [-0.2, 0) is 19.9 Å². The van der Waals surface area contributed by atoms with Crippen LogP contribution < -0.4 is 0 Å². The Hall–Kier alpha value is -1.25. The molecule has 3 fully saturated rings. The summed E-state index contributed by atoms with van der Waals surface area (Å²) < 4.78 is 20.5. The van der Waals surface area contributed by atoms with Crippen molar-refractivity contribution in [3.63, 3.8) is 0 Å². The molecular formula is C19H22NO4S2+. The van der Waals surface area contributed by atoms with Crippen LogP contribution in [-0.4, -0.2) is 61.5 Å². The molecule has 0 saturated carbocycles. The van der Waals surface area contributed by atoms with E-state index in [0.717, 1.165) is 17.3 Å². The zero-order valence-electron chi connectivity index (χ0n) is 15.7. The van der Waals surface area contributed by atoms with Crippen molar-refractivity contribution < 1.29 is 23.9 Å². The fraction of sp³-hybridized carbons (Fsp3) is 0.526. The predicted octanol–water partition coefficient (Wildman–Crippen LogP) is 2.35. The van der Waals surface area contributed by atoms with Crippen molar-refractivity contribution in [1.29, 1.82) is 1.43 Å². The van der Waals surface area contributed by atoms with E-state index in [1.54, 1.807) is 0 Å². The summed E-state index contributed by atoms with van der Waals surface area (Å²) >= 11 is 2.80. The number of epoxide rings is 1. The Morgan fingerprint density at radius 1 is 1.23 bits per heavy atom. The van der Waals surface area contributed by atoms with Gasteiger partial charge in [0.2, 0.25) is 7.03 Å². The van der Waals surface area contributed by atoms with Crippen LogP contribution in [0, 0.1) is 0 Å². The summed E-state index contributed by atoms with van der Waals surface area (Å²) in [6.45, 7) is 0. The minimum Gasteiger partial charge on any atom is -0.459 e. The molecule has 0 spiro atoms. The molecule has 7 heteroatoms. The smallest absolute Gasteiger partial charge is 0.349 e. The summed E-state index contributed by atoms with van der Waals surface area (Å²) in [5.41, 5.74) is -1.51. The average Bonchev–Trinajstić information content (AvgIpc) is 3.00. The van der Waals surface area contributed by atoms with Crippen molar-refractivity contribution in [2.24, 2.45) is 0 Å². The predicted molar refractivity (Wildman–Crippen MR) is 99.1 cm³/mol. The number of nitrogens with zero attached hydrogens (tertiary/aromatic N) is 1. The fourth-order valence-electron chi connectivity index (χ4n) is 4.82. The van der Waals surface area contributed by atoms with Crippen LogP contribution in [0.2, 0.25) is 0 Å². The van der Waals surface area contributed by atoms with E-state index in [9.17, 15) is 4.79 Å². The number of hydrogen-bond acceptors (Lipinski definition) is 6. The number of carbonyl (C=O) groups is 1. The van der Waals surface area contributed by atoms with Crippen LogP contribution in [0.4, 0.5) is 0 Å². The average molecular weight is 394 g/mol. The summed E-state index contributed by atoms with van der Waals surface area (Å²) in [6, 6.07) is 8.10. The molecule has 0 aliphatic carbocycles. The molecule has 0 aromatic carbocycles. The first-order valence-electron chi connectivity index (χ1n) is 9.31. The third-order valence-corrected chi connectivity index (χ3v) is 8.28. The van der Waals surface area contributed by atoms with Crippen molar-refractivity contribution in [2.75, 3.05) is 14.1 Å². The van der Waals surface area contributed by atoms with Gasteiger partial charge < -0.3 is 19.1 Å². The van der Waals surface area contributed by atoms with Gasteiger partial charge in [0, 0.05) is 12.8 Å². The molecule has 2 aromatic heterocycles. The molecule has 4 unspecified atom stereocenters. The minimum atomic E-state index is -1.51. The second-order valence-electron chi connectivity index (χ2n) is 7.96. The summed E-state index contributed by atoms with van der Waals surface area (Å²) in [5, 5.41) is 8.91. The van der Waals surface area contributed by atoms with Crippen molar-refractivity contribution in [3.8, 4) is 0 Å². The Balaban J connectivity index is 1.42. The largest absolute Gasteiger partial charge is 0.459 e. The Morgan fingerprint density at radius 2 is 1.81 bits per heavy atom. The van der Waals surface area contributed by atoms with E-state index in [-0.39, 0.29) is 6.10 Å². The van der Waals surface area contributed by atoms with E-state index in [4.69, 9.17) is 16.0 Å². The second kappa shape index (κ2) is 5.62. The van der Waals surface area contributed by atoms with Crippen LogP contribution >= 0.6 is 22.7 Å². The Labute approximate surface area is 161 Å². The molecule has 5 heterocycles. The van der Waals surface area contributed by atoms with Gasteiger partial charge in [0.05, 0.1) is 23.8 Å². The Bertz CT molecular complexity index is 784. The standard InChI is InChI=1S/C19H22NO4S2/c1-20(2)12-9-11(10-13(20)17-16(12)24-17)23-18(21)19(22,14-5-3-7-25-14)15-6-4-8-26-15/h3-8,11-13,16-17,22H,9-10H2,1-2H3/q+1/i22D. The van der Waals surface area contributed by atoms with Crippen molar-refractivity contribution in [3.05, 3.63) is 44.8 Å².